The van der Waals surface area contributed by atoms with Gasteiger partial charge in [-0.3, -0.25) is 9.59 Å². The first-order valence-electron chi connectivity index (χ1n) is 11.3. The van der Waals surface area contributed by atoms with Gasteiger partial charge in [-0.05, 0) is 28.8 Å². The first kappa shape index (κ1) is 24.1. The average Bonchev–Trinajstić information content (AvgIpc) is 2.90. The predicted octanol–water partition coefficient (Wildman–Crippen LogP) is 4.65. The van der Waals surface area contributed by atoms with Gasteiger partial charge in [0.15, 0.2) is 0 Å². The van der Waals surface area contributed by atoms with E-state index in [4.69, 9.17) is 4.74 Å². The van der Waals surface area contributed by atoms with Gasteiger partial charge in [0, 0.05) is 18.9 Å². The fourth-order valence-corrected chi connectivity index (χ4v) is 4.65. The van der Waals surface area contributed by atoms with Crippen LogP contribution in [0.5, 0.6) is 5.75 Å². The van der Waals surface area contributed by atoms with Crippen molar-refractivity contribution in [3.8, 4) is 11.8 Å². The number of carbonyl (C=O) groups is 2. The molecule has 0 unspecified atom stereocenters. The van der Waals surface area contributed by atoms with Crippen LogP contribution in [0.25, 0.3) is 0 Å². The van der Waals surface area contributed by atoms with Crippen molar-refractivity contribution in [3.05, 3.63) is 112 Å². The third-order valence-electron chi connectivity index (χ3n) is 5.57. The summed E-state index contributed by atoms with van der Waals surface area (Å²) in [7, 11) is 0. The van der Waals surface area contributed by atoms with E-state index in [-0.39, 0.29) is 29.9 Å². The van der Waals surface area contributed by atoms with E-state index >= 15 is 0 Å². The van der Waals surface area contributed by atoms with Crippen LogP contribution in [-0.2, 0) is 22.7 Å². The molecule has 0 fully saturated rings. The summed E-state index contributed by atoms with van der Waals surface area (Å²) < 4.78 is 5.84. The van der Waals surface area contributed by atoms with Crippen LogP contribution in [0.4, 0.5) is 0 Å². The maximum atomic E-state index is 12.4. The number of carbonyl (C=O) groups excluding carboxylic acids is 2. The second-order valence-corrected chi connectivity index (χ2v) is 9.04. The number of allylic oxidation sites excluding steroid dienone is 1. The van der Waals surface area contributed by atoms with Crippen molar-refractivity contribution in [2.24, 2.45) is 0 Å². The fourth-order valence-electron chi connectivity index (χ4n) is 3.74. The molecule has 1 atom stereocenters. The highest BCUT2D eigenvalue weighted by molar-refractivity contribution is 8.03. The molecule has 3 aromatic rings. The molecule has 6 nitrogen and oxygen atoms in total. The van der Waals surface area contributed by atoms with E-state index in [1.807, 2.05) is 84.9 Å². The van der Waals surface area contributed by atoms with Crippen LogP contribution in [0.1, 0.15) is 29.0 Å². The van der Waals surface area contributed by atoms with Gasteiger partial charge < -0.3 is 15.4 Å². The lowest BCUT2D eigenvalue weighted by Gasteiger charge is -2.25. The minimum absolute atomic E-state index is 0.104. The SMILES string of the molecule is N#CC1=C(SCC(=O)NCc2ccccc2)NC(=O)C[C@H]1c1ccc(OCc2ccccc2)cc1. The Hall–Kier alpha value is -4.02. The number of hydrogen-bond donors (Lipinski definition) is 2. The summed E-state index contributed by atoms with van der Waals surface area (Å²) in [5.41, 5.74) is 3.40. The molecule has 1 aliphatic heterocycles. The van der Waals surface area contributed by atoms with E-state index in [1.54, 1.807) is 0 Å². The van der Waals surface area contributed by atoms with E-state index in [1.165, 1.54) is 11.8 Å². The van der Waals surface area contributed by atoms with Crippen LogP contribution in [0.2, 0.25) is 0 Å². The number of nitriles is 1. The number of nitrogens with one attached hydrogen (secondary N) is 2. The minimum atomic E-state index is -0.369. The van der Waals surface area contributed by atoms with Crippen LogP contribution < -0.4 is 15.4 Å². The lowest BCUT2D eigenvalue weighted by Crippen LogP contribution is -2.32. The van der Waals surface area contributed by atoms with Gasteiger partial charge in [-0.25, -0.2) is 0 Å². The monoisotopic (exact) mass is 483 g/mol. The second-order valence-electron chi connectivity index (χ2n) is 8.05. The molecule has 0 aliphatic carbocycles. The smallest absolute Gasteiger partial charge is 0.230 e. The Morgan fingerprint density at radius 1 is 1.00 bits per heavy atom. The third-order valence-corrected chi connectivity index (χ3v) is 6.58. The molecule has 2 N–H and O–H groups in total. The zero-order valence-electron chi connectivity index (χ0n) is 19.1. The van der Waals surface area contributed by atoms with Crippen molar-refractivity contribution in [1.82, 2.24) is 10.6 Å². The number of nitrogens with zero attached hydrogens (tertiary/aromatic N) is 1. The zero-order chi connectivity index (χ0) is 24.5. The molecule has 0 bridgehead atoms. The highest BCUT2D eigenvalue weighted by Crippen LogP contribution is 2.36. The Morgan fingerprint density at radius 2 is 1.66 bits per heavy atom. The maximum Gasteiger partial charge on any atom is 0.230 e. The summed E-state index contributed by atoms with van der Waals surface area (Å²) in [5.74, 6) is 0.106. The summed E-state index contributed by atoms with van der Waals surface area (Å²) in [6.45, 7) is 0.889. The predicted molar refractivity (Wildman–Crippen MR) is 136 cm³/mol. The van der Waals surface area contributed by atoms with Crippen molar-refractivity contribution < 1.29 is 14.3 Å². The highest BCUT2D eigenvalue weighted by atomic mass is 32.2. The summed E-state index contributed by atoms with van der Waals surface area (Å²) in [6.07, 6.45) is 0.178. The fraction of sp³-hybridized carbons (Fsp3) is 0.179. The lowest BCUT2D eigenvalue weighted by atomic mass is 9.87. The van der Waals surface area contributed by atoms with Gasteiger partial charge in [0.1, 0.15) is 12.4 Å². The standard InChI is InChI=1S/C28H25N3O3S/c29-16-25-24(22-11-13-23(14-12-22)34-18-21-9-5-2-6-10-21)15-26(32)31-28(25)35-19-27(33)30-17-20-7-3-1-4-8-20/h1-14,24H,15,17-19H2,(H,30,33)(H,31,32)/t24-/m0/s1. The molecular formula is C28H25N3O3S. The van der Waals surface area contributed by atoms with Crippen molar-refractivity contribution in [2.75, 3.05) is 5.75 Å². The molecule has 2 amide bonds. The molecule has 3 aromatic carbocycles. The van der Waals surface area contributed by atoms with Crippen LogP contribution in [0, 0.1) is 11.3 Å². The molecule has 1 heterocycles. The van der Waals surface area contributed by atoms with Gasteiger partial charge in [0.05, 0.1) is 22.4 Å². The first-order chi connectivity index (χ1) is 17.1. The molecule has 0 spiro atoms. The number of hydrogen-bond acceptors (Lipinski definition) is 5. The largest absolute Gasteiger partial charge is 0.489 e. The molecule has 0 saturated carbocycles. The first-order valence-corrected chi connectivity index (χ1v) is 12.2. The molecule has 0 saturated heterocycles. The molecule has 0 aromatic heterocycles. The van der Waals surface area contributed by atoms with E-state index in [9.17, 15) is 14.9 Å². The van der Waals surface area contributed by atoms with Crippen molar-refractivity contribution in [1.29, 1.82) is 5.26 Å². The van der Waals surface area contributed by atoms with Crippen LogP contribution in [-0.4, -0.2) is 17.6 Å². The molecule has 0 radical (unpaired) electrons. The molecule has 7 heteroatoms. The number of rotatable bonds is 9. The number of ether oxygens (including phenoxy) is 1. The minimum Gasteiger partial charge on any atom is -0.489 e. The highest BCUT2D eigenvalue weighted by Gasteiger charge is 2.29. The van der Waals surface area contributed by atoms with Crippen LogP contribution >= 0.6 is 11.8 Å². The Kier molecular flexibility index (Phi) is 8.21. The Balaban J connectivity index is 1.39. The lowest BCUT2D eigenvalue weighted by molar-refractivity contribution is -0.121. The average molecular weight is 484 g/mol. The topological polar surface area (TPSA) is 91.2 Å². The Labute approximate surface area is 209 Å². The summed E-state index contributed by atoms with van der Waals surface area (Å²) in [5, 5.41) is 15.9. The number of benzene rings is 3. The number of thioether (sulfide) groups is 1. The summed E-state index contributed by atoms with van der Waals surface area (Å²) in [6, 6.07) is 29.2. The summed E-state index contributed by atoms with van der Waals surface area (Å²) >= 11 is 1.17. The van der Waals surface area contributed by atoms with Crippen molar-refractivity contribution in [3.63, 3.8) is 0 Å². The normalized spacial score (nSPS) is 15.2. The van der Waals surface area contributed by atoms with E-state index in [0.29, 0.717) is 29.5 Å². The molecular weight excluding hydrogens is 458 g/mol. The van der Waals surface area contributed by atoms with E-state index < -0.39 is 0 Å². The maximum absolute atomic E-state index is 12.4. The molecule has 1 aliphatic rings. The summed E-state index contributed by atoms with van der Waals surface area (Å²) in [4.78, 5) is 24.7. The van der Waals surface area contributed by atoms with Crippen molar-refractivity contribution >= 4 is 23.6 Å². The van der Waals surface area contributed by atoms with E-state index in [0.717, 1.165) is 16.7 Å². The quantitative estimate of drug-likeness (QED) is 0.462. The molecule has 4 rings (SSSR count). The second kappa shape index (κ2) is 11.9. The van der Waals surface area contributed by atoms with Gasteiger partial charge >= 0.3 is 0 Å². The van der Waals surface area contributed by atoms with Gasteiger partial charge in [0.25, 0.3) is 0 Å². The Bertz CT molecular complexity index is 1240. The Morgan fingerprint density at radius 3 is 2.31 bits per heavy atom. The van der Waals surface area contributed by atoms with Crippen LogP contribution in [0.3, 0.4) is 0 Å². The van der Waals surface area contributed by atoms with Gasteiger partial charge in [-0.2, -0.15) is 5.26 Å². The van der Waals surface area contributed by atoms with Crippen LogP contribution in [0.15, 0.2) is 95.5 Å². The zero-order valence-corrected chi connectivity index (χ0v) is 19.9. The van der Waals surface area contributed by atoms with Gasteiger partial charge in [-0.15, -0.1) is 0 Å². The number of amides is 2. The van der Waals surface area contributed by atoms with E-state index in [2.05, 4.69) is 16.7 Å². The van der Waals surface area contributed by atoms with Gasteiger partial charge in [-0.1, -0.05) is 84.6 Å². The van der Waals surface area contributed by atoms with Gasteiger partial charge in [0.2, 0.25) is 11.8 Å². The molecule has 176 valence electrons. The third kappa shape index (κ3) is 6.75. The molecule has 35 heavy (non-hydrogen) atoms. The van der Waals surface area contributed by atoms with Crippen molar-refractivity contribution in [2.45, 2.75) is 25.5 Å².